The number of rotatable bonds is 7. The Hall–Kier alpha value is -1.20. The molecule has 0 atom stereocenters. The average Bonchev–Trinajstić information content (AvgIpc) is 3.37. The summed E-state index contributed by atoms with van der Waals surface area (Å²) < 4.78 is 1.89. The number of aromatic amines is 1. The van der Waals surface area contributed by atoms with Gasteiger partial charge in [-0.2, -0.15) is 0 Å². The number of hydrogen-bond acceptors (Lipinski definition) is 9. The molecule has 27 heavy (non-hydrogen) atoms. The van der Waals surface area contributed by atoms with E-state index in [9.17, 15) is 4.79 Å². The van der Waals surface area contributed by atoms with Gasteiger partial charge in [-0.3, -0.25) is 4.79 Å². The molecule has 4 aromatic heterocycles. The van der Waals surface area contributed by atoms with Crippen molar-refractivity contribution in [3.05, 3.63) is 38.6 Å². The first-order valence-corrected chi connectivity index (χ1v) is 12.8. The van der Waals surface area contributed by atoms with Gasteiger partial charge in [0.25, 0.3) is 5.56 Å². The number of aromatic nitrogens is 4. The number of aryl methyl sites for hydroxylation is 1. The highest BCUT2D eigenvalue weighted by atomic mass is 32.2. The quantitative estimate of drug-likeness (QED) is 0.364. The lowest BCUT2D eigenvalue weighted by Crippen LogP contribution is -2.10. The molecule has 0 aliphatic heterocycles. The summed E-state index contributed by atoms with van der Waals surface area (Å²) in [4.78, 5) is 23.4. The van der Waals surface area contributed by atoms with Crippen LogP contribution >= 0.6 is 57.5 Å². The topological polar surface area (TPSA) is 71.5 Å². The Morgan fingerprint density at radius 3 is 2.70 bits per heavy atom. The molecule has 0 saturated carbocycles. The molecule has 0 aromatic carbocycles. The molecule has 0 spiro atoms. The summed E-state index contributed by atoms with van der Waals surface area (Å²) in [5, 5.41) is 11.1. The lowest BCUT2D eigenvalue weighted by molar-refractivity contribution is 0.950. The summed E-state index contributed by atoms with van der Waals surface area (Å²) >= 11 is 8.09. The van der Waals surface area contributed by atoms with E-state index < -0.39 is 0 Å². The zero-order valence-corrected chi connectivity index (χ0v) is 18.7. The predicted octanol–water partition coefficient (Wildman–Crippen LogP) is 5.67. The molecule has 0 radical (unpaired) electrons. The summed E-state index contributed by atoms with van der Waals surface area (Å²) in [5.74, 6) is 2.30. The van der Waals surface area contributed by atoms with Crippen molar-refractivity contribution >= 4 is 67.8 Å². The van der Waals surface area contributed by atoms with Crippen LogP contribution in [0.1, 0.15) is 24.0 Å². The van der Waals surface area contributed by atoms with Crippen molar-refractivity contribution in [2.75, 3.05) is 5.75 Å². The molecule has 10 heteroatoms. The first-order chi connectivity index (χ1) is 13.1. The van der Waals surface area contributed by atoms with Gasteiger partial charge in [-0.1, -0.05) is 41.8 Å². The standard InChI is InChI=1S/C17H16N4OS5/c1-3-6-23-16-20-21-17(27-16)25-8-12-18-14(22)13-10(7-24-15(13)19-12)11-5-4-9(2)26-11/h4-5,7H,3,6,8H2,1-2H3,(H,18,19,22). The Morgan fingerprint density at radius 2 is 1.96 bits per heavy atom. The van der Waals surface area contributed by atoms with Crippen molar-refractivity contribution in [2.24, 2.45) is 0 Å². The highest BCUT2D eigenvalue weighted by Crippen LogP contribution is 2.35. The molecule has 0 fully saturated rings. The van der Waals surface area contributed by atoms with Gasteiger partial charge in [0.2, 0.25) is 0 Å². The molecular formula is C17H16N4OS5. The first kappa shape index (κ1) is 19.1. The molecule has 0 aliphatic rings. The fourth-order valence-electron chi connectivity index (χ4n) is 2.46. The number of nitrogens with zero attached hydrogens (tertiary/aromatic N) is 3. The summed E-state index contributed by atoms with van der Waals surface area (Å²) in [6.45, 7) is 4.22. The van der Waals surface area contributed by atoms with Gasteiger partial charge in [-0.15, -0.1) is 32.9 Å². The van der Waals surface area contributed by atoms with E-state index in [1.165, 1.54) is 16.2 Å². The minimum Gasteiger partial charge on any atom is -0.309 e. The summed E-state index contributed by atoms with van der Waals surface area (Å²) in [6.07, 6.45) is 1.12. The van der Waals surface area contributed by atoms with Crippen LogP contribution in [-0.4, -0.2) is 25.9 Å². The van der Waals surface area contributed by atoms with Gasteiger partial charge in [0.05, 0.1) is 11.1 Å². The van der Waals surface area contributed by atoms with Crippen molar-refractivity contribution in [1.29, 1.82) is 0 Å². The molecule has 1 N–H and O–H groups in total. The van der Waals surface area contributed by atoms with E-state index in [0.717, 1.165) is 36.1 Å². The fourth-order valence-corrected chi connectivity index (χ4v) is 7.19. The zero-order chi connectivity index (χ0) is 18.8. The van der Waals surface area contributed by atoms with Gasteiger partial charge in [-0.25, -0.2) is 4.98 Å². The molecule has 4 heterocycles. The van der Waals surface area contributed by atoms with Gasteiger partial charge in [-0.05, 0) is 25.5 Å². The molecule has 5 nitrogen and oxygen atoms in total. The highest BCUT2D eigenvalue weighted by molar-refractivity contribution is 8.02. The largest absolute Gasteiger partial charge is 0.309 e. The Bertz CT molecular complexity index is 1130. The van der Waals surface area contributed by atoms with Gasteiger partial charge in [0, 0.05) is 26.5 Å². The van der Waals surface area contributed by atoms with Crippen molar-refractivity contribution in [3.63, 3.8) is 0 Å². The average molecular weight is 453 g/mol. The van der Waals surface area contributed by atoms with Crippen LogP contribution in [0.5, 0.6) is 0 Å². The van der Waals surface area contributed by atoms with Crippen LogP contribution < -0.4 is 5.56 Å². The second-order valence-corrected chi connectivity index (χ2v) is 11.4. The monoisotopic (exact) mass is 452 g/mol. The van der Waals surface area contributed by atoms with Crippen molar-refractivity contribution in [2.45, 2.75) is 34.7 Å². The van der Waals surface area contributed by atoms with Crippen LogP contribution in [0, 0.1) is 6.92 Å². The van der Waals surface area contributed by atoms with Crippen molar-refractivity contribution in [3.8, 4) is 10.4 Å². The normalized spacial score (nSPS) is 11.5. The van der Waals surface area contributed by atoms with E-state index in [-0.39, 0.29) is 5.56 Å². The maximum absolute atomic E-state index is 12.7. The second-order valence-electron chi connectivity index (χ2n) is 5.72. The lowest BCUT2D eigenvalue weighted by Gasteiger charge is -2.00. The molecule has 0 bridgehead atoms. The van der Waals surface area contributed by atoms with Crippen LogP contribution in [0.2, 0.25) is 0 Å². The number of nitrogens with one attached hydrogen (secondary N) is 1. The van der Waals surface area contributed by atoms with Crippen LogP contribution in [0.15, 0.2) is 31.0 Å². The van der Waals surface area contributed by atoms with E-state index in [1.54, 1.807) is 46.2 Å². The Labute approximate surface area is 176 Å². The number of thiophene rings is 2. The molecule has 4 rings (SSSR count). The second kappa shape index (κ2) is 8.44. The first-order valence-electron chi connectivity index (χ1n) is 8.30. The van der Waals surface area contributed by atoms with Crippen LogP contribution in [0.25, 0.3) is 20.7 Å². The van der Waals surface area contributed by atoms with Crippen LogP contribution in [0.4, 0.5) is 0 Å². The van der Waals surface area contributed by atoms with Crippen LogP contribution in [-0.2, 0) is 5.75 Å². The number of thioether (sulfide) groups is 2. The van der Waals surface area contributed by atoms with Gasteiger partial charge in [0.15, 0.2) is 8.68 Å². The third kappa shape index (κ3) is 4.29. The SMILES string of the molecule is CCCSc1nnc(SCc2nc3scc(-c4ccc(C)s4)c3c(=O)[nH]2)s1. The number of hydrogen-bond donors (Lipinski definition) is 1. The van der Waals surface area contributed by atoms with Crippen molar-refractivity contribution < 1.29 is 0 Å². The third-order valence-electron chi connectivity index (χ3n) is 3.65. The molecule has 0 aliphatic carbocycles. The van der Waals surface area contributed by atoms with E-state index in [4.69, 9.17) is 0 Å². The van der Waals surface area contributed by atoms with Gasteiger partial charge in [0.1, 0.15) is 10.7 Å². The van der Waals surface area contributed by atoms with E-state index in [1.807, 2.05) is 5.38 Å². The minimum atomic E-state index is -0.0747. The maximum atomic E-state index is 12.7. The van der Waals surface area contributed by atoms with E-state index in [0.29, 0.717) is 17.0 Å². The zero-order valence-electron chi connectivity index (χ0n) is 14.6. The molecule has 0 unspecified atom stereocenters. The van der Waals surface area contributed by atoms with Crippen LogP contribution in [0.3, 0.4) is 0 Å². The van der Waals surface area contributed by atoms with Gasteiger partial charge >= 0.3 is 0 Å². The summed E-state index contributed by atoms with van der Waals surface area (Å²) in [5.41, 5.74) is 0.900. The number of H-pyrrole nitrogens is 1. The predicted molar refractivity (Wildman–Crippen MR) is 119 cm³/mol. The molecule has 0 saturated heterocycles. The Balaban J connectivity index is 1.54. The number of fused-ring (bicyclic) bond motifs is 1. The third-order valence-corrected chi connectivity index (χ3v) is 8.96. The smallest absolute Gasteiger partial charge is 0.260 e. The van der Waals surface area contributed by atoms with E-state index in [2.05, 4.69) is 46.1 Å². The molecule has 0 amide bonds. The molecule has 140 valence electrons. The maximum Gasteiger partial charge on any atom is 0.260 e. The highest BCUT2D eigenvalue weighted by Gasteiger charge is 2.15. The van der Waals surface area contributed by atoms with E-state index >= 15 is 0 Å². The van der Waals surface area contributed by atoms with Crippen molar-refractivity contribution in [1.82, 2.24) is 20.2 Å². The summed E-state index contributed by atoms with van der Waals surface area (Å²) in [7, 11) is 0. The molecule has 4 aromatic rings. The lowest BCUT2D eigenvalue weighted by atomic mass is 10.2. The minimum absolute atomic E-state index is 0.0747. The Kier molecular flexibility index (Phi) is 5.98. The van der Waals surface area contributed by atoms with Gasteiger partial charge < -0.3 is 4.98 Å². The fraction of sp³-hybridized carbons (Fsp3) is 0.294. The Morgan fingerprint density at radius 1 is 1.15 bits per heavy atom. The molecular weight excluding hydrogens is 437 g/mol. The summed E-state index contributed by atoms with van der Waals surface area (Å²) in [6, 6.07) is 4.14.